The van der Waals surface area contributed by atoms with Gasteiger partial charge in [-0.25, -0.2) is 23.3 Å². The number of hydrogen-bond acceptors (Lipinski definition) is 6. The van der Waals surface area contributed by atoms with Crippen molar-refractivity contribution in [3.8, 4) is 17.5 Å². The smallest absolute Gasteiger partial charge is 0.267 e. The molecule has 10 nitrogen and oxygen atoms in total. The Morgan fingerprint density at radius 3 is 2.69 bits per heavy atom. The summed E-state index contributed by atoms with van der Waals surface area (Å²) in [5.74, 6) is 3.40. The van der Waals surface area contributed by atoms with Gasteiger partial charge in [0, 0.05) is 37.3 Å². The van der Waals surface area contributed by atoms with Crippen molar-refractivity contribution < 1.29 is 13.6 Å². The molecule has 6 rings (SSSR count). The van der Waals surface area contributed by atoms with Crippen LogP contribution in [0.5, 0.6) is 0 Å². The minimum atomic E-state index is -1.14. The predicted octanol–water partition coefficient (Wildman–Crippen LogP) is 3.64. The van der Waals surface area contributed by atoms with Gasteiger partial charge in [-0.3, -0.25) is 18.8 Å². The molecular formula is C30H22F2N8O2. The number of aromatic nitrogens is 7. The number of fused-ring (bicyclic) bond motifs is 2. The molecule has 0 aliphatic rings. The summed E-state index contributed by atoms with van der Waals surface area (Å²) in [6.45, 7) is 3.33. The Balaban J connectivity index is 1.50. The summed E-state index contributed by atoms with van der Waals surface area (Å²) >= 11 is 0. The lowest BCUT2D eigenvalue weighted by molar-refractivity contribution is 0.0938. The summed E-state index contributed by atoms with van der Waals surface area (Å²) in [5.41, 5.74) is 1.91. The van der Waals surface area contributed by atoms with E-state index < -0.39 is 29.1 Å². The van der Waals surface area contributed by atoms with E-state index in [0.717, 1.165) is 16.7 Å². The first-order valence-corrected chi connectivity index (χ1v) is 12.8. The van der Waals surface area contributed by atoms with E-state index in [1.165, 1.54) is 10.6 Å². The van der Waals surface area contributed by atoms with Crippen LogP contribution in [0.1, 0.15) is 46.0 Å². The van der Waals surface area contributed by atoms with E-state index in [0.29, 0.717) is 28.0 Å². The standard InChI is InChI=1S/C30H22F2N8O2/c1-17-25(28-33-12-5-13-39(28)37-17)29(41)35-18(2)27-36-24-7-4-6-20(9-8-19-15-34-38(3)16-19)26(24)30(42)40(27)21-10-11-22(31)23(32)14-21/h4-7,10-16,18H,1-3H3,(H,35,41). The molecule has 42 heavy (non-hydrogen) atoms. The van der Waals surface area contributed by atoms with E-state index in [1.807, 2.05) is 0 Å². The number of amides is 1. The first kappa shape index (κ1) is 26.5. The first-order chi connectivity index (χ1) is 20.2. The molecule has 1 amide bonds. The van der Waals surface area contributed by atoms with Gasteiger partial charge < -0.3 is 5.32 Å². The third kappa shape index (κ3) is 4.66. The number of nitrogens with one attached hydrogen (secondary N) is 1. The molecular weight excluding hydrogens is 542 g/mol. The van der Waals surface area contributed by atoms with Crippen molar-refractivity contribution in [2.24, 2.45) is 7.05 Å². The van der Waals surface area contributed by atoms with Crippen LogP contribution in [0.15, 0.2) is 72.0 Å². The fraction of sp³-hybridized carbons (Fsp3) is 0.133. The average Bonchev–Trinajstić information content (AvgIpc) is 3.54. The highest BCUT2D eigenvalue weighted by Gasteiger charge is 2.25. The van der Waals surface area contributed by atoms with Gasteiger partial charge in [0.1, 0.15) is 11.4 Å². The predicted molar refractivity (Wildman–Crippen MR) is 150 cm³/mol. The van der Waals surface area contributed by atoms with Crippen LogP contribution in [0.2, 0.25) is 0 Å². The number of rotatable bonds is 4. The zero-order valence-electron chi connectivity index (χ0n) is 22.6. The van der Waals surface area contributed by atoms with Gasteiger partial charge in [-0.05, 0) is 44.2 Å². The molecule has 208 valence electrons. The summed E-state index contributed by atoms with van der Waals surface area (Å²) in [4.78, 5) is 36.5. The van der Waals surface area contributed by atoms with Crippen LogP contribution < -0.4 is 10.9 Å². The quantitative estimate of drug-likeness (QED) is 0.327. The van der Waals surface area contributed by atoms with Crippen LogP contribution in [-0.4, -0.2) is 39.8 Å². The Labute approximate surface area is 237 Å². The summed E-state index contributed by atoms with van der Waals surface area (Å²) in [6.07, 6.45) is 6.56. The van der Waals surface area contributed by atoms with Crippen molar-refractivity contribution in [3.05, 3.63) is 117 Å². The molecule has 12 heteroatoms. The molecule has 1 N–H and O–H groups in total. The van der Waals surface area contributed by atoms with Gasteiger partial charge in [0.25, 0.3) is 11.5 Å². The fourth-order valence-electron chi connectivity index (χ4n) is 4.74. The number of carbonyl (C=O) groups excluding carboxylic acids is 1. The van der Waals surface area contributed by atoms with Crippen molar-refractivity contribution in [3.63, 3.8) is 0 Å². The Bertz CT molecular complexity index is 2150. The van der Waals surface area contributed by atoms with E-state index in [4.69, 9.17) is 4.98 Å². The van der Waals surface area contributed by atoms with E-state index in [1.54, 1.807) is 74.6 Å². The molecule has 2 aromatic carbocycles. The number of halogens is 2. The lowest BCUT2D eigenvalue weighted by Crippen LogP contribution is -2.33. The maximum atomic E-state index is 14.4. The normalized spacial score (nSPS) is 11.8. The summed E-state index contributed by atoms with van der Waals surface area (Å²) in [5, 5.41) is 11.5. The monoisotopic (exact) mass is 564 g/mol. The van der Waals surface area contributed by atoms with Crippen LogP contribution in [0, 0.1) is 30.4 Å². The molecule has 0 bridgehead atoms. The van der Waals surface area contributed by atoms with Crippen LogP contribution >= 0.6 is 0 Å². The van der Waals surface area contributed by atoms with Crippen molar-refractivity contribution in [2.45, 2.75) is 19.9 Å². The second kappa shape index (κ2) is 10.4. The van der Waals surface area contributed by atoms with Gasteiger partial charge in [0.05, 0.1) is 40.1 Å². The molecule has 0 fully saturated rings. The van der Waals surface area contributed by atoms with Crippen LogP contribution in [0.4, 0.5) is 8.78 Å². The molecule has 1 atom stereocenters. The zero-order valence-corrected chi connectivity index (χ0v) is 22.6. The van der Waals surface area contributed by atoms with Gasteiger partial charge in [0.15, 0.2) is 17.3 Å². The van der Waals surface area contributed by atoms with Gasteiger partial charge in [-0.15, -0.1) is 0 Å². The number of hydrogen-bond donors (Lipinski definition) is 1. The molecule has 6 aromatic rings. The highest BCUT2D eigenvalue weighted by Crippen LogP contribution is 2.22. The molecule has 0 spiro atoms. The number of nitrogens with zero attached hydrogens (tertiary/aromatic N) is 7. The Morgan fingerprint density at radius 1 is 1.10 bits per heavy atom. The second-order valence-corrected chi connectivity index (χ2v) is 9.60. The average molecular weight is 565 g/mol. The number of carbonyl (C=O) groups is 1. The summed E-state index contributed by atoms with van der Waals surface area (Å²) in [6, 6.07) is 8.99. The zero-order chi connectivity index (χ0) is 29.5. The molecule has 0 radical (unpaired) electrons. The van der Waals surface area contributed by atoms with Crippen LogP contribution in [-0.2, 0) is 7.05 Å². The third-order valence-corrected chi connectivity index (χ3v) is 6.66. The largest absolute Gasteiger partial charge is 0.342 e. The van der Waals surface area contributed by atoms with E-state index >= 15 is 0 Å². The molecule has 1 unspecified atom stereocenters. The molecule has 0 saturated heterocycles. The van der Waals surface area contributed by atoms with Crippen molar-refractivity contribution in [1.29, 1.82) is 0 Å². The van der Waals surface area contributed by atoms with Gasteiger partial charge in [0.2, 0.25) is 0 Å². The maximum absolute atomic E-state index is 14.4. The fourth-order valence-corrected chi connectivity index (χ4v) is 4.74. The highest BCUT2D eigenvalue weighted by atomic mass is 19.2. The van der Waals surface area contributed by atoms with Crippen molar-refractivity contribution in [1.82, 2.24) is 39.2 Å². The van der Waals surface area contributed by atoms with Gasteiger partial charge in [-0.2, -0.15) is 10.2 Å². The van der Waals surface area contributed by atoms with E-state index in [2.05, 4.69) is 32.3 Å². The Hall–Kier alpha value is -5.70. The second-order valence-electron chi connectivity index (χ2n) is 9.60. The van der Waals surface area contributed by atoms with Crippen molar-refractivity contribution in [2.75, 3.05) is 0 Å². The Kier molecular flexibility index (Phi) is 6.54. The lowest BCUT2D eigenvalue weighted by Gasteiger charge is -2.20. The maximum Gasteiger partial charge on any atom is 0.267 e. The van der Waals surface area contributed by atoms with E-state index in [9.17, 15) is 18.4 Å². The topological polar surface area (TPSA) is 112 Å². The highest BCUT2D eigenvalue weighted by molar-refractivity contribution is 6.01. The van der Waals surface area contributed by atoms with Crippen LogP contribution in [0.3, 0.4) is 0 Å². The Morgan fingerprint density at radius 2 is 1.93 bits per heavy atom. The lowest BCUT2D eigenvalue weighted by atomic mass is 10.1. The number of aryl methyl sites for hydroxylation is 2. The molecule has 4 heterocycles. The first-order valence-electron chi connectivity index (χ1n) is 12.8. The van der Waals surface area contributed by atoms with E-state index in [-0.39, 0.29) is 22.5 Å². The SMILES string of the molecule is Cc1nn2cccnc2c1C(=O)NC(C)c1nc2cccc(C#Cc3cnn(C)c3)c2c(=O)n1-c1ccc(F)c(F)c1. The molecule has 0 aliphatic heterocycles. The molecule has 0 aliphatic carbocycles. The minimum absolute atomic E-state index is 0.0354. The third-order valence-electron chi connectivity index (χ3n) is 6.66. The number of benzene rings is 2. The minimum Gasteiger partial charge on any atom is -0.342 e. The van der Waals surface area contributed by atoms with Crippen LogP contribution in [0.25, 0.3) is 22.2 Å². The van der Waals surface area contributed by atoms with Gasteiger partial charge >= 0.3 is 0 Å². The van der Waals surface area contributed by atoms with Crippen molar-refractivity contribution >= 4 is 22.5 Å². The summed E-state index contributed by atoms with van der Waals surface area (Å²) in [7, 11) is 1.77. The molecule has 4 aromatic heterocycles. The molecule has 0 saturated carbocycles. The van der Waals surface area contributed by atoms with Gasteiger partial charge in [-0.1, -0.05) is 17.9 Å². The summed E-state index contributed by atoms with van der Waals surface area (Å²) < 4.78 is 32.5.